The van der Waals surface area contributed by atoms with E-state index in [1.807, 2.05) is 25.1 Å². The lowest BCUT2D eigenvalue weighted by molar-refractivity contribution is 0.00641. The molecule has 1 saturated heterocycles. The lowest BCUT2D eigenvalue weighted by Gasteiger charge is -2.56. The average molecular weight is 467 g/mol. The van der Waals surface area contributed by atoms with Crippen molar-refractivity contribution in [2.24, 2.45) is 0 Å². The topological polar surface area (TPSA) is 80.8 Å². The zero-order valence-corrected chi connectivity index (χ0v) is 19.6. The zero-order valence-electron chi connectivity index (χ0n) is 19.6. The number of nitrogens with zero attached hydrogens (tertiary/aromatic N) is 2. The molecule has 3 N–H and O–H groups in total. The van der Waals surface area contributed by atoms with Gasteiger partial charge in [-0.2, -0.15) is 0 Å². The number of fused-ring (bicyclic) bond motifs is 4. The number of nitrogens with one attached hydrogen (secondary N) is 2. The summed E-state index contributed by atoms with van der Waals surface area (Å²) in [4.78, 5) is 20.7. The minimum atomic E-state index is -0.451. The third kappa shape index (κ3) is 3.80. The Hall–Kier alpha value is -3.10. The van der Waals surface area contributed by atoms with Crippen molar-refractivity contribution in [3.05, 3.63) is 65.1 Å². The summed E-state index contributed by atoms with van der Waals surface area (Å²) in [7, 11) is 1.64. The van der Waals surface area contributed by atoms with Crippen LogP contribution in [0, 0.1) is 5.82 Å². The number of aromatic nitrogens is 1. The van der Waals surface area contributed by atoms with Gasteiger partial charge in [0, 0.05) is 60.8 Å². The number of hydrogen-bond acceptors (Lipinski definition) is 4. The fraction of sp³-hybridized carbons (Fsp3) is 0.423. The largest absolute Gasteiger partial charge is 0.497 e. The Bertz CT molecular complexity index is 1200. The molecule has 2 aliphatic heterocycles. The van der Waals surface area contributed by atoms with Crippen LogP contribution >= 0.6 is 0 Å². The predicted molar refractivity (Wildman–Crippen MR) is 128 cm³/mol. The van der Waals surface area contributed by atoms with Crippen LogP contribution in [0.3, 0.4) is 0 Å². The van der Waals surface area contributed by atoms with Gasteiger partial charge in [-0.1, -0.05) is 19.1 Å². The van der Waals surface area contributed by atoms with Crippen molar-refractivity contribution >= 4 is 16.9 Å². The molecule has 1 spiro atoms. The number of rotatable bonds is 6. The molecule has 3 aromatic rings. The van der Waals surface area contributed by atoms with Crippen LogP contribution in [0.2, 0.25) is 0 Å². The second-order valence-electron chi connectivity index (χ2n) is 9.44. The van der Waals surface area contributed by atoms with E-state index < -0.39 is 6.04 Å². The highest BCUT2D eigenvalue weighted by Crippen LogP contribution is 2.48. The number of halogens is 1. The molecule has 0 saturated carbocycles. The van der Waals surface area contributed by atoms with Crippen molar-refractivity contribution in [2.75, 3.05) is 39.9 Å². The number of methoxy groups -OCH3 is 1. The number of aliphatic hydroxyl groups is 1. The SMILES string of the molecule is CCCNC(=O)N1CC2(CN(Cc3cccc(F)c3)C2)c2c([nH]c3cc(OC)ccc23)[C@H]1CO. The first-order valence-electron chi connectivity index (χ1n) is 11.8. The number of likely N-dealkylation sites (tertiary alicyclic amines) is 1. The third-order valence-electron chi connectivity index (χ3n) is 7.06. The van der Waals surface area contributed by atoms with E-state index in [0.717, 1.165) is 47.4 Å². The fourth-order valence-electron chi connectivity index (χ4n) is 5.63. The van der Waals surface area contributed by atoms with Crippen LogP contribution < -0.4 is 10.1 Å². The molecule has 0 bridgehead atoms. The van der Waals surface area contributed by atoms with E-state index in [1.54, 1.807) is 24.1 Å². The van der Waals surface area contributed by atoms with E-state index in [2.05, 4.69) is 21.3 Å². The number of benzene rings is 2. The molecule has 1 fully saturated rings. The zero-order chi connectivity index (χ0) is 23.9. The van der Waals surface area contributed by atoms with Gasteiger partial charge in [-0.05, 0) is 41.8 Å². The van der Waals surface area contributed by atoms with Crippen LogP contribution in [0.5, 0.6) is 5.75 Å². The van der Waals surface area contributed by atoms with Gasteiger partial charge >= 0.3 is 6.03 Å². The number of amides is 2. The summed E-state index contributed by atoms with van der Waals surface area (Å²) in [6.45, 7) is 5.08. The molecular weight excluding hydrogens is 435 g/mol. The maximum absolute atomic E-state index is 13.7. The molecule has 0 unspecified atom stereocenters. The standard InChI is InChI=1S/C26H31FN4O3/c1-3-9-28-25(33)31-16-26(14-30(15-26)12-17-5-4-6-18(27)10-17)23-20-8-7-19(34-2)11-21(20)29-24(23)22(31)13-32/h4-8,10-11,22,29,32H,3,9,12-16H2,1-2H3,(H,28,33)/t22-/m1/s1. The number of ether oxygens (including phenoxy) is 1. The van der Waals surface area contributed by atoms with E-state index in [9.17, 15) is 14.3 Å². The summed E-state index contributed by atoms with van der Waals surface area (Å²) in [5, 5.41) is 14.4. The highest BCUT2D eigenvalue weighted by Gasteiger charge is 2.53. The molecular formula is C26H31FN4O3. The Balaban J connectivity index is 1.52. The summed E-state index contributed by atoms with van der Waals surface area (Å²) in [6.07, 6.45) is 0.841. The van der Waals surface area contributed by atoms with E-state index in [1.165, 1.54) is 11.6 Å². The number of urea groups is 1. The van der Waals surface area contributed by atoms with Gasteiger partial charge in [-0.3, -0.25) is 4.90 Å². The van der Waals surface area contributed by atoms with E-state index >= 15 is 0 Å². The van der Waals surface area contributed by atoms with Gasteiger partial charge in [0.15, 0.2) is 0 Å². The molecule has 2 aromatic carbocycles. The molecule has 1 atom stereocenters. The third-order valence-corrected chi connectivity index (χ3v) is 7.06. The Labute approximate surface area is 198 Å². The molecule has 8 heteroatoms. The van der Waals surface area contributed by atoms with Gasteiger partial charge in [-0.15, -0.1) is 0 Å². The maximum Gasteiger partial charge on any atom is 0.318 e. The molecule has 2 amide bonds. The first kappa shape index (κ1) is 22.7. The molecule has 2 aliphatic rings. The number of carbonyl (C=O) groups is 1. The molecule has 1 aromatic heterocycles. The van der Waals surface area contributed by atoms with Gasteiger partial charge in [0.1, 0.15) is 11.6 Å². The second-order valence-corrected chi connectivity index (χ2v) is 9.44. The minimum Gasteiger partial charge on any atom is -0.497 e. The van der Waals surface area contributed by atoms with Crippen molar-refractivity contribution in [2.45, 2.75) is 31.3 Å². The second kappa shape index (κ2) is 8.92. The monoisotopic (exact) mass is 466 g/mol. The van der Waals surface area contributed by atoms with Gasteiger partial charge in [-0.25, -0.2) is 9.18 Å². The predicted octanol–water partition coefficient (Wildman–Crippen LogP) is 3.54. The molecule has 3 heterocycles. The van der Waals surface area contributed by atoms with E-state index in [-0.39, 0.29) is 23.9 Å². The van der Waals surface area contributed by atoms with Gasteiger partial charge < -0.3 is 25.0 Å². The summed E-state index contributed by atoms with van der Waals surface area (Å²) in [6, 6.07) is 12.0. The molecule has 0 radical (unpaired) electrons. The Morgan fingerprint density at radius 2 is 2.09 bits per heavy atom. The van der Waals surface area contributed by atoms with Crippen molar-refractivity contribution in [1.82, 2.24) is 20.1 Å². The smallest absolute Gasteiger partial charge is 0.318 e. The Kier molecular flexibility index (Phi) is 5.95. The molecule has 180 valence electrons. The lowest BCUT2D eigenvalue weighted by atomic mass is 9.68. The number of H-pyrrole nitrogens is 1. The highest BCUT2D eigenvalue weighted by molar-refractivity contribution is 5.89. The van der Waals surface area contributed by atoms with Gasteiger partial charge in [0.2, 0.25) is 0 Å². The van der Waals surface area contributed by atoms with Crippen molar-refractivity contribution in [3.63, 3.8) is 0 Å². The van der Waals surface area contributed by atoms with Crippen LogP contribution in [0.4, 0.5) is 9.18 Å². The normalized spacial score (nSPS) is 19.2. The lowest BCUT2D eigenvalue weighted by Crippen LogP contribution is -2.67. The molecule has 0 aliphatic carbocycles. The molecule has 5 rings (SSSR count). The van der Waals surface area contributed by atoms with Crippen LogP contribution in [0.25, 0.3) is 10.9 Å². The number of carbonyl (C=O) groups excluding carboxylic acids is 1. The van der Waals surface area contributed by atoms with Crippen molar-refractivity contribution in [3.8, 4) is 5.75 Å². The first-order chi connectivity index (χ1) is 16.5. The fourth-order valence-corrected chi connectivity index (χ4v) is 5.63. The van der Waals surface area contributed by atoms with Gasteiger partial charge in [0.05, 0.1) is 19.8 Å². The quantitative estimate of drug-likeness (QED) is 0.519. The summed E-state index contributed by atoms with van der Waals surface area (Å²) < 4.78 is 19.1. The van der Waals surface area contributed by atoms with Gasteiger partial charge in [0.25, 0.3) is 0 Å². The summed E-state index contributed by atoms with van der Waals surface area (Å²) in [5.41, 5.74) is 3.64. The number of aliphatic hydroxyl groups excluding tert-OH is 1. The van der Waals surface area contributed by atoms with E-state index in [4.69, 9.17) is 4.74 Å². The molecule has 34 heavy (non-hydrogen) atoms. The minimum absolute atomic E-state index is 0.161. The van der Waals surface area contributed by atoms with Crippen LogP contribution in [0.15, 0.2) is 42.5 Å². The number of aromatic amines is 1. The van der Waals surface area contributed by atoms with E-state index in [0.29, 0.717) is 19.6 Å². The Morgan fingerprint density at radius 1 is 1.26 bits per heavy atom. The summed E-state index contributed by atoms with van der Waals surface area (Å²) >= 11 is 0. The first-order valence-corrected chi connectivity index (χ1v) is 11.8. The number of hydrogen-bond donors (Lipinski definition) is 3. The Morgan fingerprint density at radius 3 is 2.79 bits per heavy atom. The molecule has 7 nitrogen and oxygen atoms in total. The maximum atomic E-state index is 13.7. The average Bonchev–Trinajstić information content (AvgIpc) is 3.20. The van der Waals surface area contributed by atoms with Crippen LogP contribution in [-0.2, 0) is 12.0 Å². The van der Waals surface area contributed by atoms with Crippen molar-refractivity contribution in [1.29, 1.82) is 0 Å². The van der Waals surface area contributed by atoms with Crippen molar-refractivity contribution < 1.29 is 19.0 Å². The highest BCUT2D eigenvalue weighted by atomic mass is 19.1. The van der Waals surface area contributed by atoms with Crippen LogP contribution in [-0.4, -0.2) is 65.8 Å². The van der Waals surface area contributed by atoms with Crippen LogP contribution in [0.1, 0.15) is 36.2 Å². The summed E-state index contributed by atoms with van der Waals surface area (Å²) in [5.74, 6) is 0.516.